The van der Waals surface area contributed by atoms with Crippen molar-refractivity contribution in [3.63, 3.8) is 0 Å². The fraction of sp³-hybridized carbons (Fsp3) is 0.391. The lowest BCUT2D eigenvalue weighted by Crippen LogP contribution is -2.36. The second-order valence-corrected chi connectivity index (χ2v) is 8.27. The molecule has 1 fully saturated rings. The fourth-order valence-electron chi connectivity index (χ4n) is 4.36. The molecule has 2 unspecified atom stereocenters. The van der Waals surface area contributed by atoms with Gasteiger partial charge in [0.15, 0.2) is 5.78 Å². The third-order valence-corrected chi connectivity index (χ3v) is 5.96. The number of carbonyl (C=O) groups excluding carboxylic acids is 2. The molecule has 162 valence electrons. The van der Waals surface area contributed by atoms with Gasteiger partial charge in [-0.05, 0) is 44.9 Å². The summed E-state index contributed by atoms with van der Waals surface area (Å²) >= 11 is 0. The van der Waals surface area contributed by atoms with Crippen molar-refractivity contribution in [3.8, 4) is 11.3 Å². The van der Waals surface area contributed by atoms with Crippen molar-refractivity contribution in [3.05, 3.63) is 53.2 Å². The molecule has 2 atom stereocenters. The van der Waals surface area contributed by atoms with Gasteiger partial charge in [0.25, 0.3) is 0 Å². The van der Waals surface area contributed by atoms with E-state index < -0.39 is 17.7 Å². The van der Waals surface area contributed by atoms with Crippen molar-refractivity contribution in [1.29, 1.82) is 0 Å². The summed E-state index contributed by atoms with van der Waals surface area (Å²) in [6.07, 6.45) is 4.63. The minimum atomic E-state index is -0.581. The van der Waals surface area contributed by atoms with Gasteiger partial charge in [0.1, 0.15) is 5.82 Å². The molecule has 0 bridgehead atoms. The number of amides is 1. The van der Waals surface area contributed by atoms with E-state index in [4.69, 9.17) is 0 Å². The number of aromatic amines is 1. The van der Waals surface area contributed by atoms with Crippen LogP contribution in [0, 0.1) is 31.5 Å². The molecule has 1 aromatic carbocycles. The largest absolute Gasteiger partial charge is 0.323 e. The second-order valence-electron chi connectivity index (χ2n) is 8.27. The first-order valence-corrected chi connectivity index (χ1v) is 10.5. The van der Waals surface area contributed by atoms with Gasteiger partial charge >= 0.3 is 0 Å². The first-order valence-electron chi connectivity index (χ1n) is 10.5. The molecule has 2 heterocycles. The van der Waals surface area contributed by atoms with E-state index in [1.54, 1.807) is 24.0 Å². The van der Waals surface area contributed by atoms with Gasteiger partial charge in [0.05, 0.1) is 28.3 Å². The molecule has 1 amide bonds. The van der Waals surface area contributed by atoms with E-state index in [1.807, 2.05) is 19.9 Å². The summed E-state index contributed by atoms with van der Waals surface area (Å²) in [5, 5.41) is 14.1. The Hall–Kier alpha value is -3.29. The Labute approximate surface area is 180 Å². The first-order chi connectivity index (χ1) is 14.8. The van der Waals surface area contributed by atoms with Crippen molar-refractivity contribution in [2.24, 2.45) is 18.9 Å². The zero-order valence-corrected chi connectivity index (χ0v) is 17.9. The molecule has 2 N–H and O–H groups in total. The summed E-state index contributed by atoms with van der Waals surface area (Å²) in [5.41, 5.74) is 3.49. The third-order valence-electron chi connectivity index (χ3n) is 5.96. The number of hydrogen-bond donors (Lipinski definition) is 2. The van der Waals surface area contributed by atoms with Crippen LogP contribution >= 0.6 is 0 Å². The highest BCUT2D eigenvalue weighted by molar-refractivity contribution is 6.03. The van der Waals surface area contributed by atoms with Gasteiger partial charge in [0, 0.05) is 30.6 Å². The maximum atomic E-state index is 14.9. The maximum absolute atomic E-state index is 14.9. The van der Waals surface area contributed by atoms with Crippen LogP contribution in [0.5, 0.6) is 0 Å². The number of ketones is 1. The normalized spacial score (nSPS) is 18.7. The highest BCUT2D eigenvalue weighted by atomic mass is 19.1. The molecular formula is C23H26FN5O2. The minimum Gasteiger partial charge on any atom is -0.323 e. The molecule has 0 radical (unpaired) electrons. The number of hydrogen-bond acceptors (Lipinski definition) is 4. The lowest BCUT2D eigenvalue weighted by molar-refractivity contribution is -0.122. The van der Waals surface area contributed by atoms with E-state index in [2.05, 4.69) is 20.6 Å². The molecule has 1 aliphatic carbocycles. The number of carbonyl (C=O) groups is 2. The van der Waals surface area contributed by atoms with Gasteiger partial charge in [-0.25, -0.2) is 4.39 Å². The van der Waals surface area contributed by atoms with Crippen molar-refractivity contribution >= 4 is 17.4 Å². The number of benzene rings is 1. The maximum Gasteiger partial charge on any atom is 0.228 e. The molecule has 4 rings (SSSR count). The zero-order valence-electron chi connectivity index (χ0n) is 17.9. The fourth-order valence-corrected chi connectivity index (χ4v) is 4.36. The molecule has 0 aliphatic heterocycles. The average Bonchev–Trinajstić information content (AvgIpc) is 3.32. The van der Waals surface area contributed by atoms with Crippen LogP contribution in [0.2, 0.25) is 0 Å². The summed E-state index contributed by atoms with van der Waals surface area (Å²) in [6, 6.07) is 6.38. The highest BCUT2D eigenvalue weighted by Crippen LogP contribution is 2.35. The molecule has 2 aromatic heterocycles. The number of anilines is 1. The van der Waals surface area contributed by atoms with E-state index in [9.17, 15) is 14.0 Å². The zero-order chi connectivity index (χ0) is 22.1. The van der Waals surface area contributed by atoms with Gasteiger partial charge in [-0.3, -0.25) is 19.4 Å². The predicted molar refractivity (Wildman–Crippen MR) is 115 cm³/mol. The first kappa shape index (κ1) is 21.0. The number of nitrogens with one attached hydrogen (secondary N) is 2. The second kappa shape index (κ2) is 8.45. The van der Waals surface area contributed by atoms with Crippen LogP contribution in [0.3, 0.4) is 0 Å². The van der Waals surface area contributed by atoms with Crippen LogP contribution in [0.1, 0.15) is 47.4 Å². The van der Waals surface area contributed by atoms with Crippen LogP contribution in [-0.4, -0.2) is 31.7 Å². The van der Waals surface area contributed by atoms with E-state index in [0.29, 0.717) is 35.5 Å². The number of rotatable bonds is 5. The van der Waals surface area contributed by atoms with Gasteiger partial charge in [0.2, 0.25) is 5.91 Å². The number of halogens is 1. The average molecular weight is 423 g/mol. The SMILES string of the molecule is Cc1cc(-c2ccc(C(=O)C3CCCCC3C(=O)Nc3cn(C)nc3C)c(F)c2)[nH]n1. The standard InChI is InChI=1S/C23H26FN5O2/c1-13-10-20(27-26-13)15-8-9-18(19(24)11-15)22(30)16-6-4-5-7-17(16)23(31)25-21-12-29(3)28-14(21)2/h8-12,16-17H,4-7H2,1-3H3,(H,25,31)(H,26,27). The smallest absolute Gasteiger partial charge is 0.228 e. The monoisotopic (exact) mass is 423 g/mol. The van der Waals surface area contributed by atoms with Crippen molar-refractivity contribution in [2.45, 2.75) is 39.5 Å². The van der Waals surface area contributed by atoms with Crippen LogP contribution in [0.25, 0.3) is 11.3 Å². The van der Waals surface area contributed by atoms with Gasteiger partial charge < -0.3 is 5.32 Å². The lowest BCUT2D eigenvalue weighted by Gasteiger charge is -2.29. The molecule has 1 aliphatic rings. The van der Waals surface area contributed by atoms with E-state index in [-0.39, 0.29) is 17.3 Å². The van der Waals surface area contributed by atoms with Gasteiger partial charge in [-0.2, -0.15) is 10.2 Å². The molecule has 7 nitrogen and oxygen atoms in total. The summed E-state index contributed by atoms with van der Waals surface area (Å²) in [4.78, 5) is 26.3. The van der Waals surface area contributed by atoms with E-state index in [1.165, 1.54) is 12.1 Å². The Morgan fingerprint density at radius 1 is 1.16 bits per heavy atom. The van der Waals surface area contributed by atoms with Crippen LogP contribution in [-0.2, 0) is 11.8 Å². The summed E-state index contributed by atoms with van der Waals surface area (Å²) in [7, 11) is 1.78. The Bertz CT molecular complexity index is 1130. The third kappa shape index (κ3) is 4.28. The Balaban J connectivity index is 1.55. The topological polar surface area (TPSA) is 92.7 Å². The number of aryl methyl sites for hydroxylation is 3. The Morgan fingerprint density at radius 3 is 2.52 bits per heavy atom. The quantitative estimate of drug-likeness (QED) is 0.602. The predicted octanol–water partition coefficient (Wildman–Crippen LogP) is 4.19. The van der Waals surface area contributed by atoms with Crippen LogP contribution in [0.4, 0.5) is 10.1 Å². The number of aromatic nitrogens is 4. The number of H-pyrrole nitrogens is 1. The van der Waals surface area contributed by atoms with Crippen molar-refractivity contribution < 1.29 is 14.0 Å². The summed E-state index contributed by atoms with van der Waals surface area (Å²) < 4.78 is 16.5. The molecule has 1 saturated carbocycles. The molecule has 3 aromatic rings. The van der Waals surface area contributed by atoms with Crippen LogP contribution < -0.4 is 5.32 Å². The minimum absolute atomic E-state index is 0.0299. The van der Waals surface area contributed by atoms with Gasteiger partial charge in [-0.1, -0.05) is 18.9 Å². The van der Waals surface area contributed by atoms with E-state index >= 15 is 0 Å². The van der Waals surface area contributed by atoms with Crippen molar-refractivity contribution in [2.75, 3.05) is 5.32 Å². The van der Waals surface area contributed by atoms with Crippen LogP contribution in [0.15, 0.2) is 30.5 Å². The molecule has 0 spiro atoms. The van der Waals surface area contributed by atoms with Gasteiger partial charge in [-0.15, -0.1) is 0 Å². The molecule has 0 saturated heterocycles. The highest BCUT2D eigenvalue weighted by Gasteiger charge is 2.37. The lowest BCUT2D eigenvalue weighted by atomic mass is 9.74. The summed E-state index contributed by atoms with van der Waals surface area (Å²) in [6.45, 7) is 3.66. The van der Waals surface area contributed by atoms with Crippen molar-refractivity contribution in [1.82, 2.24) is 20.0 Å². The molecular weight excluding hydrogens is 397 g/mol. The number of nitrogens with zero attached hydrogens (tertiary/aromatic N) is 3. The number of Topliss-reactive ketones (excluding diaryl/α,β-unsaturated/α-hetero) is 1. The van der Waals surface area contributed by atoms with E-state index in [0.717, 1.165) is 18.5 Å². The Kier molecular flexibility index (Phi) is 5.71. The molecule has 8 heteroatoms. The summed E-state index contributed by atoms with van der Waals surface area (Å²) in [5.74, 6) is -2.13. The Morgan fingerprint density at radius 2 is 1.90 bits per heavy atom. The molecule has 31 heavy (non-hydrogen) atoms.